The van der Waals surface area contributed by atoms with E-state index in [-0.39, 0.29) is 18.1 Å². The van der Waals surface area contributed by atoms with E-state index in [1.165, 1.54) is 19.2 Å². The van der Waals surface area contributed by atoms with Gasteiger partial charge in [0.2, 0.25) is 0 Å². The standard InChI is InChI=1S/C23H17FN2O3/c1-29-23(28)21-11-20-17(12-25-21)10-19(15-6-8-18(24)9-7-15)22(26-20)16-4-2-14(13-27)3-5-16/h2-12,27H,13H2,1H3. The van der Waals surface area contributed by atoms with Gasteiger partial charge in [-0.3, -0.25) is 0 Å². The lowest BCUT2D eigenvalue weighted by Crippen LogP contribution is -2.04. The van der Waals surface area contributed by atoms with Crippen LogP contribution in [0.4, 0.5) is 4.39 Å². The highest BCUT2D eigenvalue weighted by Crippen LogP contribution is 2.33. The number of aliphatic hydroxyl groups excluding tert-OH is 1. The van der Waals surface area contributed by atoms with Crippen LogP contribution in [0.25, 0.3) is 33.3 Å². The van der Waals surface area contributed by atoms with E-state index in [0.29, 0.717) is 11.2 Å². The molecule has 6 heteroatoms. The lowest BCUT2D eigenvalue weighted by Gasteiger charge is -2.12. The smallest absolute Gasteiger partial charge is 0.356 e. The number of carbonyl (C=O) groups excluding carboxylic acids is 1. The number of carbonyl (C=O) groups is 1. The summed E-state index contributed by atoms with van der Waals surface area (Å²) in [6, 6.07) is 17.1. The Morgan fingerprint density at radius 2 is 1.72 bits per heavy atom. The van der Waals surface area contributed by atoms with Gasteiger partial charge >= 0.3 is 5.97 Å². The monoisotopic (exact) mass is 388 g/mol. The molecule has 0 aliphatic heterocycles. The van der Waals surface area contributed by atoms with Crippen LogP contribution in [0, 0.1) is 5.82 Å². The van der Waals surface area contributed by atoms with Crippen molar-refractivity contribution in [2.24, 2.45) is 0 Å². The van der Waals surface area contributed by atoms with E-state index >= 15 is 0 Å². The van der Waals surface area contributed by atoms with Crippen LogP contribution in [-0.4, -0.2) is 28.2 Å². The fraction of sp³-hybridized carbons (Fsp3) is 0.0870. The summed E-state index contributed by atoms with van der Waals surface area (Å²) in [7, 11) is 1.30. The van der Waals surface area contributed by atoms with E-state index in [9.17, 15) is 14.3 Å². The maximum absolute atomic E-state index is 13.4. The molecule has 5 nitrogen and oxygen atoms in total. The lowest BCUT2D eigenvalue weighted by molar-refractivity contribution is 0.0594. The number of esters is 1. The van der Waals surface area contributed by atoms with Gasteiger partial charge in [0.05, 0.1) is 24.9 Å². The Morgan fingerprint density at radius 1 is 1.03 bits per heavy atom. The van der Waals surface area contributed by atoms with Crippen molar-refractivity contribution < 1.29 is 19.0 Å². The Morgan fingerprint density at radius 3 is 2.38 bits per heavy atom. The molecule has 0 bridgehead atoms. The number of rotatable bonds is 4. The SMILES string of the molecule is COC(=O)c1cc2nc(-c3ccc(CO)cc3)c(-c3ccc(F)cc3)cc2cn1. The number of nitrogens with zero attached hydrogens (tertiary/aromatic N) is 2. The number of aliphatic hydroxyl groups is 1. The van der Waals surface area contributed by atoms with Gasteiger partial charge in [0.15, 0.2) is 5.69 Å². The fourth-order valence-corrected chi connectivity index (χ4v) is 3.12. The first-order chi connectivity index (χ1) is 14.1. The second kappa shape index (κ2) is 7.77. The topological polar surface area (TPSA) is 72.3 Å². The zero-order valence-corrected chi connectivity index (χ0v) is 15.6. The summed E-state index contributed by atoms with van der Waals surface area (Å²) in [5.41, 5.74) is 4.67. The lowest BCUT2D eigenvalue weighted by atomic mass is 9.97. The molecule has 144 valence electrons. The van der Waals surface area contributed by atoms with Gasteiger partial charge in [-0.25, -0.2) is 19.2 Å². The summed E-state index contributed by atoms with van der Waals surface area (Å²) >= 11 is 0. The number of ether oxygens (including phenoxy) is 1. The molecule has 29 heavy (non-hydrogen) atoms. The van der Waals surface area contributed by atoms with E-state index in [0.717, 1.165) is 27.6 Å². The van der Waals surface area contributed by atoms with Crippen LogP contribution in [0.5, 0.6) is 0 Å². The summed E-state index contributed by atoms with van der Waals surface area (Å²) in [5, 5.41) is 10.0. The van der Waals surface area contributed by atoms with Gasteiger partial charge in [-0.2, -0.15) is 0 Å². The maximum Gasteiger partial charge on any atom is 0.356 e. The van der Waals surface area contributed by atoms with Crippen LogP contribution >= 0.6 is 0 Å². The Bertz CT molecular complexity index is 1190. The van der Waals surface area contributed by atoms with Crippen molar-refractivity contribution in [3.63, 3.8) is 0 Å². The highest BCUT2D eigenvalue weighted by molar-refractivity contribution is 5.95. The van der Waals surface area contributed by atoms with Crippen LogP contribution in [0.3, 0.4) is 0 Å². The van der Waals surface area contributed by atoms with Crippen molar-refractivity contribution in [1.29, 1.82) is 0 Å². The Balaban J connectivity index is 1.95. The first kappa shape index (κ1) is 18.7. The number of aromatic nitrogens is 2. The molecule has 0 aliphatic carbocycles. The van der Waals surface area contributed by atoms with Crippen molar-refractivity contribution in [3.8, 4) is 22.4 Å². The van der Waals surface area contributed by atoms with Crippen LogP contribution < -0.4 is 0 Å². The average Bonchev–Trinajstić information content (AvgIpc) is 2.78. The van der Waals surface area contributed by atoms with Crippen molar-refractivity contribution in [3.05, 3.63) is 83.9 Å². The van der Waals surface area contributed by atoms with Gasteiger partial charge in [-0.1, -0.05) is 36.4 Å². The molecule has 0 aliphatic rings. The Hall–Kier alpha value is -3.64. The number of methoxy groups -OCH3 is 1. The first-order valence-corrected chi connectivity index (χ1v) is 8.94. The van der Waals surface area contributed by atoms with Crippen molar-refractivity contribution >= 4 is 16.9 Å². The van der Waals surface area contributed by atoms with Gasteiger partial charge in [0.25, 0.3) is 0 Å². The quantitative estimate of drug-likeness (QED) is 0.525. The fourth-order valence-electron chi connectivity index (χ4n) is 3.12. The number of benzene rings is 2. The van der Waals surface area contributed by atoms with Crippen LogP contribution in [0.15, 0.2) is 66.9 Å². The molecular formula is C23H17FN2O3. The predicted molar refractivity (Wildman–Crippen MR) is 108 cm³/mol. The zero-order chi connectivity index (χ0) is 20.4. The molecule has 4 rings (SSSR count). The molecule has 4 aromatic rings. The largest absolute Gasteiger partial charge is 0.464 e. The van der Waals surface area contributed by atoms with Gasteiger partial charge in [-0.15, -0.1) is 0 Å². The molecule has 0 amide bonds. The number of hydrogen-bond donors (Lipinski definition) is 1. The molecule has 2 aromatic carbocycles. The molecule has 0 unspecified atom stereocenters. The summed E-state index contributed by atoms with van der Waals surface area (Å²) in [5.74, 6) is -0.856. The molecule has 0 saturated heterocycles. The molecule has 0 saturated carbocycles. The second-order valence-electron chi connectivity index (χ2n) is 6.50. The van der Waals surface area contributed by atoms with Gasteiger partial charge in [0, 0.05) is 22.7 Å². The van der Waals surface area contributed by atoms with E-state index in [4.69, 9.17) is 9.72 Å². The Kier molecular flexibility index (Phi) is 5.01. The number of pyridine rings is 2. The van der Waals surface area contributed by atoms with Crippen molar-refractivity contribution in [1.82, 2.24) is 9.97 Å². The number of halogens is 1. The van der Waals surface area contributed by atoms with Crippen LogP contribution in [-0.2, 0) is 11.3 Å². The number of hydrogen-bond acceptors (Lipinski definition) is 5. The number of fused-ring (bicyclic) bond motifs is 1. The zero-order valence-electron chi connectivity index (χ0n) is 15.6. The van der Waals surface area contributed by atoms with Crippen LogP contribution in [0.1, 0.15) is 16.1 Å². The Labute approximate surface area is 166 Å². The third-order valence-corrected chi connectivity index (χ3v) is 4.66. The molecule has 0 fully saturated rings. The second-order valence-corrected chi connectivity index (χ2v) is 6.50. The predicted octanol–water partition coefficient (Wildman–Crippen LogP) is 4.38. The maximum atomic E-state index is 13.4. The molecule has 1 N–H and O–H groups in total. The minimum Gasteiger partial charge on any atom is -0.464 e. The summed E-state index contributed by atoms with van der Waals surface area (Å²) in [6.07, 6.45) is 1.57. The third-order valence-electron chi connectivity index (χ3n) is 4.66. The van der Waals surface area contributed by atoms with Crippen LogP contribution in [0.2, 0.25) is 0 Å². The molecular weight excluding hydrogens is 371 g/mol. The van der Waals surface area contributed by atoms with Crippen molar-refractivity contribution in [2.75, 3.05) is 7.11 Å². The van der Waals surface area contributed by atoms with E-state index < -0.39 is 5.97 Å². The molecule has 0 spiro atoms. The molecule has 0 atom stereocenters. The minimum atomic E-state index is -0.537. The summed E-state index contributed by atoms with van der Waals surface area (Å²) in [6.45, 7) is -0.0512. The molecule has 0 radical (unpaired) electrons. The van der Waals surface area contributed by atoms with Crippen molar-refractivity contribution in [2.45, 2.75) is 6.61 Å². The highest BCUT2D eigenvalue weighted by Gasteiger charge is 2.14. The van der Waals surface area contributed by atoms with E-state index in [1.54, 1.807) is 24.4 Å². The summed E-state index contributed by atoms with van der Waals surface area (Å²) < 4.78 is 18.2. The van der Waals surface area contributed by atoms with E-state index in [1.807, 2.05) is 30.3 Å². The first-order valence-electron chi connectivity index (χ1n) is 8.94. The average molecular weight is 388 g/mol. The van der Waals surface area contributed by atoms with Gasteiger partial charge < -0.3 is 9.84 Å². The highest BCUT2D eigenvalue weighted by atomic mass is 19.1. The van der Waals surface area contributed by atoms with E-state index in [2.05, 4.69) is 4.98 Å². The molecule has 2 heterocycles. The normalized spacial score (nSPS) is 10.9. The molecule has 2 aromatic heterocycles. The minimum absolute atomic E-state index is 0.0512. The summed E-state index contributed by atoms with van der Waals surface area (Å²) in [4.78, 5) is 20.8. The van der Waals surface area contributed by atoms with Gasteiger partial charge in [0.1, 0.15) is 5.82 Å². The van der Waals surface area contributed by atoms with Gasteiger partial charge in [-0.05, 0) is 35.4 Å². The third kappa shape index (κ3) is 3.70.